The van der Waals surface area contributed by atoms with Gasteiger partial charge in [0.1, 0.15) is 18.1 Å². The molecule has 0 aliphatic heterocycles. The van der Waals surface area contributed by atoms with Crippen molar-refractivity contribution in [3.63, 3.8) is 0 Å². The van der Waals surface area contributed by atoms with Crippen LogP contribution in [-0.2, 0) is 26.2 Å². The summed E-state index contributed by atoms with van der Waals surface area (Å²) >= 11 is 0. The lowest BCUT2D eigenvalue weighted by atomic mass is 10.1. The molecule has 19 nitrogen and oxygen atoms in total. The summed E-state index contributed by atoms with van der Waals surface area (Å²) in [5.41, 5.74) is 19.0. The van der Waals surface area contributed by atoms with E-state index in [-0.39, 0.29) is 29.4 Å². The minimum atomic E-state index is -0.310. The molecule has 0 atom stereocenters. The number of benzene rings is 8. The quantitative estimate of drug-likeness (QED) is 0.0711. The molecule has 8 aromatic carbocycles. The molecule has 0 saturated carbocycles. The van der Waals surface area contributed by atoms with Crippen LogP contribution in [0.4, 0.5) is 22.7 Å². The van der Waals surface area contributed by atoms with E-state index in [0.717, 1.165) is 92.5 Å². The SMILES string of the molecule is Cc1ccc(Cn2cc(NC(=O)c3cccnn3)c3ccccc32)cc1.Cc1ccc(Cn2cc(NC(=O)c3ccno3)c3ccccc32)cc1.Cc1ccc(Cn2cc(NC(=O)c3ccoc3)c3ccccc32)cc1.Cc1ccc(Cn2cc(NC(=O)c3conc3C)c3ccccc32)cc1. The first-order chi connectivity index (χ1) is 49.7. The molecule has 0 saturated heterocycles. The number of hydrogen-bond donors (Lipinski definition) is 4. The summed E-state index contributed by atoms with van der Waals surface area (Å²) in [6.07, 6.45) is 15.2. The average molecular weight is 1350 g/mol. The molecule has 0 aliphatic carbocycles. The van der Waals surface area contributed by atoms with E-state index >= 15 is 0 Å². The van der Waals surface area contributed by atoms with E-state index in [1.165, 1.54) is 69.5 Å². The van der Waals surface area contributed by atoms with Gasteiger partial charge in [-0.3, -0.25) is 19.2 Å². The summed E-state index contributed by atoms with van der Waals surface area (Å²) in [6, 6.07) is 72.6. The van der Waals surface area contributed by atoms with Crippen LogP contribution in [0.3, 0.4) is 0 Å². The van der Waals surface area contributed by atoms with Crippen molar-refractivity contribution in [2.75, 3.05) is 21.3 Å². The molecule has 0 unspecified atom stereocenters. The topological polar surface area (TPSA) is 227 Å². The van der Waals surface area contributed by atoms with Gasteiger partial charge in [0.15, 0.2) is 5.69 Å². The van der Waals surface area contributed by atoms with Crippen LogP contribution < -0.4 is 21.3 Å². The third-order valence-electron chi connectivity index (χ3n) is 17.3. The van der Waals surface area contributed by atoms with Crippen molar-refractivity contribution >= 4 is 90.0 Å². The van der Waals surface area contributed by atoms with Crippen LogP contribution in [0.5, 0.6) is 0 Å². The van der Waals surface area contributed by atoms with Gasteiger partial charge in [-0.25, -0.2) is 0 Å². The zero-order chi connectivity index (χ0) is 70.5. The van der Waals surface area contributed by atoms with Crippen molar-refractivity contribution in [1.29, 1.82) is 0 Å². The molecule has 102 heavy (non-hydrogen) atoms. The van der Waals surface area contributed by atoms with E-state index in [1.807, 2.05) is 104 Å². The molecule has 0 radical (unpaired) electrons. The molecule has 0 spiro atoms. The van der Waals surface area contributed by atoms with E-state index in [9.17, 15) is 19.2 Å². The van der Waals surface area contributed by atoms with E-state index in [0.29, 0.717) is 22.5 Å². The first kappa shape index (κ1) is 67.2. The monoisotopic (exact) mass is 1350 g/mol. The second-order valence-electron chi connectivity index (χ2n) is 24.8. The third-order valence-corrected chi connectivity index (χ3v) is 17.3. The number of aromatic nitrogens is 8. The Morgan fingerprint density at radius 3 is 1.11 bits per heavy atom. The van der Waals surface area contributed by atoms with E-state index in [2.05, 4.69) is 203 Å². The molecule has 8 aromatic heterocycles. The summed E-state index contributed by atoms with van der Waals surface area (Å²) in [7, 11) is 0. The van der Waals surface area contributed by atoms with Crippen LogP contribution in [0, 0.1) is 34.6 Å². The molecule has 4 amide bonds. The maximum atomic E-state index is 12.5. The predicted molar refractivity (Wildman–Crippen MR) is 399 cm³/mol. The molecule has 16 rings (SSSR count). The van der Waals surface area contributed by atoms with Crippen LogP contribution >= 0.6 is 0 Å². The van der Waals surface area contributed by atoms with Crippen LogP contribution in [-0.4, -0.2) is 62.4 Å². The average Bonchev–Trinajstić information content (AvgIpc) is 1.67. The second kappa shape index (κ2) is 31.0. The summed E-state index contributed by atoms with van der Waals surface area (Å²) in [6.45, 7) is 13.0. The van der Waals surface area contributed by atoms with Crippen LogP contribution in [0.1, 0.15) is 92.0 Å². The van der Waals surface area contributed by atoms with Crippen molar-refractivity contribution in [2.24, 2.45) is 0 Å². The number of nitrogens with zero attached hydrogens (tertiary/aromatic N) is 8. The normalized spacial score (nSPS) is 10.9. The highest BCUT2D eigenvalue weighted by molar-refractivity contribution is 6.11. The zero-order valence-electron chi connectivity index (χ0n) is 56.7. The fourth-order valence-electron chi connectivity index (χ4n) is 11.9. The Labute approximate surface area is 587 Å². The Morgan fingerprint density at radius 2 is 0.765 bits per heavy atom. The fraction of sp³-hybridized carbons (Fsp3) is 0.108. The molecule has 0 aliphatic rings. The minimum absolute atomic E-state index is 0.174. The number of nitrogens with one attached hydrogen (secondary N) is 4. The Morgan fingerprint density at radius 1 is 0.382 bits per heavy atom. The number of carbonyl (C=O) groups is 4. The third kappa shape index (κ3) is 16.1. The fourth-order valence-corrected chi connectivity index (χ4v) is 11.9. The van der Waals surface area contributed by atoms with Crippen molar-refractivity contribution in [1.82, 2.24) is 38.8 Å². The predicted octanol–water partition coefficient (Wildman–Crippen LogP) is 17.7. The maximum Gasteiger partial charge on any atom is 0.294 e. The number of hydrogen-bond acceptors (Lipinski definition) is 11. The molecular weight excluding hydrogens is 1280 g/mol. The lowest BCUT2D eigenvalue weighted by Gasteiger charge is -2.05. The van der Waals surface area contributed by atoms with Crippen LogP contribution in [0.2, 0.25) is 0 Å². The number of para-hydroxylation sites is 4. The number of anilines is 4. The van der Waals surface area contributed by atoms with Crippen LogP contribution in [0.25, 0.3) is 43.6 Å². The highest BCUT2D eigenvalue weighted by Gasteiger charge is 2.20. The van der Waals surface area contributed by atoms with E-state index in [4.69, 9.17) is 13.5 Å². The Bertz CT molecular complexity index is 5370. The number of furan rings is 1. The number of aryl methyl sites for hydroxylation is 5. The standard InChI is InChI=1S/C21H18N4O.C21H19N3O2.C21H18N2O2.C20H17N3O2/c1-15-8-10-16(11-9-15)13-25-14-19(17-5-2-3-7-20(17)25)23-21(26)18-6-4-12-22-24-18;1-14-7-9-16(10-8-14)11-24-12-19(17-5-3-4-6-20(17)24)22-21(25)18-13-26-23-15(18)2;1-15-6-8-16(9-7-15)12-23-13-19(18-4-2-3-5-20(18)23)22-21(24)17-10-11-25-14-17;1-14-6-8-15(9-7-14)12-23-13-17(16-4-2-3-5-18(16)23)22-20(24)19-10-11-21-25-19/h2-12,14H,13H2,1H3,(H,23,26);3-10,12-13H,11H2,1-2H3,(H,22,25);2-11,13-14H,12H2,1H3,(H,22,24);2-11,13H,12H2,1H3,(H,22,24). The van der Waals surface area contributed by atoms with Crippen molar-refractivity contribution < 1.29 is 32.6 Å². The molecule has 16 aromatic rings. The number of fused-ring (bicyclic) bond motifs is 4. The van der Waals surface area contributed by atoms with Gasteiger partial charge in [0, 0.05) is 84.8 Å². The molecule has 4 N–H and O–H groups in total. The highest BCUT2D eigenvalue weighted by Crippen LogP contribution is 2.32. The first-order valence-electron chi connectivity index (χ1n) is 33.1. The van der Waals surface area contributed by atoms with E-state index < -0.39 is 0 Å². The Hall–Kier alpha value is -13.4. The molecule has 8 heterocycles. The smallest absolute Gasteiger partial charge is 0.294 e. The molecular formula is C83H72N12O7. The molecule has 506 valence electrons. The molecule has 0 bridgehead atoms. The Kier molecular flexibility index (Phi) is 20.4. The van der Waals surface area contributed by atoms with Gasteiger partial charge in [-0.1, -0.05) is 202 Å². The summed E-state index contributed by atoms with van der Waals surface area (Å²) in [5, 5.41) is 30.8. The van der Waals surface area contributed by atoms with Gasteiger partial charge in [0.2, 0.25) is 5.76 Å². The summed E-state index contributed by atoms with van der Waals surface area (Å²) in [4.78, 5) is 49.6. The number of amides is 4. The van der Waals surface area contributed by atoms with Crippen LogP contribution in [0.15, 0.2) is 288 Å². The maximum absolute atomic E-state index is 12.5. The first-order valence-corrected chi connectivity index (χ1v) is 33.1. The summed E-state index contributed by atoms with van der Waals surface area (Å²) < 4.78 is 23.4. The number of carbonyl (C=O) groups excluding carboxylic acids is 4. The highest BCUT2D eigenvalue weighted by atomic mass is 16.5. The number of rotatable bonds is 16. The minimum Gasteiger partial charge on any atom is -0.472 e. The van der Waals surface area contributed by atoms with Gasteiger partial charge in [0.25, 0.3) is 23.6 Å². The zero-order valence-corrected chi connectivity index (χ0v) is 56.7. The van der Waals surface area contributed by atoms with E-state index in [1.54, 1.807) is 37.4 Å². The van der Waals surface area contributed by atoms with Gasteiger partial charge in [0.05, 0.1) is 68.5 Å². The second-order valence-corrected chi connectivity index (χ2v) is 24.8. The Balaban J connectivity index is 0.000000121. The lowest BCUT2D eigenvalue weighted by Crippen LogP contribution is -2.13. The van der Waals surface area contributed by atoms with Gasteiger partial charge in [-0.2, -0.15) is 5.10 Å². The van der Waals surface area contributed by atoms with Gasteiger partial charge in [-0.05, 0) is 99.3 Å². The largest absolute Gasteiger partial charge is 0.472 e. The van der Waals surface area contributed by atoms with Crippen molar-refractivity contribution in [3.8, 4) is 0 Å². The van der Waals surface area contributed by atoms with Crippen molar-refractivity contribution in [3.05, 3.63) is 347 Å². The molecule has 0 fully saturated rings. The van der Waals surface area contributed by atoms with Gasteiger partial charge in [-0.15, -0.1) is 5.10 Å². The molecule has 19 heteroatoms. The lowest BCUT2D eigenvalue weighted by molar-refractivity contribution is 0.0984. The van der Waals surface area contributed by atoms with Crippen molar-refractivity contribution in [2.45, 2.75) is 60.8 Å². The van der Waals surface area contributed by atoms with Gasteiger partial charge < -0.3 is 53.0 Å². The van der Waals surface area contributed by atoms with Gasteiger partial charge >= 0.3 is 0 Å². The summed E-state index contributed by atoms with van der Waals surface area (Å²) in [5.74, 6) is -0.781.